The van der Waals surface area contributed by atoms with Crippen LogP contribution < -0.4 is 5.32 Å². The lowest BCUT2D eigenvalue weighted by molar-refractivity contribution is -0.164. The first-order chi connectivity index (χ1) is 15.4. The van der Waals surface area contributed by atoms with Gasteiger partial charge in [-0.05, 0) is 42.2 Å². The van der Waals surface area contributed by atoms with Gasteiger partial charge in [0.25, 0.3) is 5.91 Å². The minimum atomic E-state index is -1.81. The Morgan fingerprint density at radius 3 is 2.72 bits per heavy atom. The highest BCUT2D eigenvalue weighted by Gasteiger charge is 2.50. The fourth-order valence-electron chi connectivity index (χ4n) is 5.56. The lowest BCUT2D eigenvalue weighted by Gasteiger charge is -2.29. The Bertz CT molecular complexity index is 1460. The predicted octanol–water partition coefficient (Wildman–Crippen LogP) is 3.99. The van der Waals surface area contributed by atoms with E-state index in [1.165, 1.54) is 6.92 Å². The molecule has 2 heterocycles. The highest BCUT2D eigenvalue weighted by Crippen LogP contribution is 2.55. The summed E-state index contributed by atoms with van der Waals surface area (Å²) in [5.74, 6) is -1.49. The van der Waals surface area contributed by atoms with E-state index in [4.69, 9.17) is 4.74 Å². The molecule has 1 amide bonds. The summed E-state index contributed by atoms with van der Waals surface area (Å²) in [6.07, 6.45) is 0. The minimum Gasteiger partial charge on any atom is -0.464 e. The maximum atomic E-state index is 13.1. The Morgan fingerprint density at radius 1 is 1.16 bits per heavy atom. The van der Waals surface area contributed by atoms with Crippen molar-refractivity contribution in [3.8, 4) is 11.1 Å². The SMILES string of the molecule is CCOC(=O)C(C)(O)C1c2ccccc2-c2c3c(c4c([nH]c5ccccc54)c21)CNC3=O. The Balaban J connectivity index is 1.80. The first kappa shape index (κ1) is 19.1. The molecule has 0 spiro atoms. The van der Waals surface area contributed by atoms with Gasteiger partial charge in [0, 0.05) is 28.4 Å². The molecule has 4 aromatic rings. The van der Waals surface area contributed by atoms with Gasteiger partial charge >= 0.3 is 5.97 Å². The van der Waals surface area contributed by atoms with Crippen molar-refractivity contribution in [2.24, 2.45) is 0 Å². The average molecular weight is 426 g/mol. The van der Waals surface area contributed by atoms with Crippen molar-refractivity contribution in [1.82, 2.24) is 10.3 Å². The van der Waals surface area contributed by atoms with Gasteiger partial charge in [0.2, 0.25) is 0 Å². The highest BCUT2D eigenvalue weighted by atomic mass is 16.5. The van der Waals surface area contributed by atoms with Gasteiger partial charge in [-0.3, -0.25) is 4.79 Å². The van der Waals surface area contributed by atoms with Crippen molar-refractivity contribution in [3.05, 3.63) is 70.8 Å². The molecule has 0 radical (unpaired) electrons. The third-order valence-electron chi connectivity index (χ3n) is 6.83. The summed E-state index contributed by atoms with van der Waals surface area (Å²) in [5.41, 5.74) is 4.81. The van der Waals surface area contributed by atoms with Crippen LogP contribution in [0.15, 0.2) is 48.5 Å². The normalized spacial score (nSPS) is 18.2. The minimum absolute atomic E-state index is 0.130. The molecule has 3 N–H and O–H groups in total. The van der Waals surface area contributed by atoms with E-state index in [-0.39, 0.29) is 12.5 Å². The number of aromatic nitrogens is 1. The van der Waals surface area contributed by atoms with Crippen LogP contribution in [0.1, 0.15) is 46.8 Å². The molecule has 32 heavy (non-hydrogen) atoms. The number of aromatic amines is 1. The molecule has 1 aromatic heterocycles. The van der Waals surface area contributed by atoms with Gasteiger partial charge in [-0.15, -0.1) is 0 Å². The average Bonchev–Trinajstić information content (AvgIpc) is 3.45. The summed E-state index contributed by atoms with van der Waals surface area (Å²) in [4.78, 5) is 29.5. The zero-order valence-electron chi connectivity index (χ0n) is 17.8. The number of carbonyl (C=O) groups excluding carboxylic acids is 2. The van der Waals surface area contributed by atoms with Crippen LogP contribution in [-0.2, 0) is 16.1 Å². The summed E-state index contributed by atoms with van der Waals surface area (Å²) < 4.78 is 5.26. The number of hydrogen-bond acceptors (Lipinski definition) is 4. The second kappa shape index (κ2) is 6.43. The van der Waals surface area contributed by atoms with Gasteiger partial charge in [-0.25, -0.2) is 4.79 Å². The zero-order chi connectivity index (χ0) is 22.2. The molecule has 3 aromatic carbocycles. The first-order valence-electron chi connectivity index (χ1n) is 10.8. The summed E-state index contributed by atoms with van der Waals surface area (Å²) in [6.45, 7) is 3.84. The molecule has 2 aliphatic rings. The number of para-hydroxylation sites is 1. The molecule has 0 fully saturated rings. The van der Waals surface area contributed by atoms with Crippen molar-refractivity contribution in [1.29, 1.82) is 0 Å². The number of benzene rings is 3. The molecule has 0 bridgehead atoms. The predicted molar refractivity (Wildman–Crippen MR) is 122 cm³/mol. The quantitative estimate of drug-likeness (QED) is 0.432. The molecule has 160 valence electrons. The molecule has 1 aliphatic heterocycles. The smallest absolute Gasteiger partial charge is 0.338 e. The number of rotatable bonds is 3. The number of hydrogen-bond donors (Lipinski definition) is 3. The maximum Gasteiger partial charge on any atom is 0.338 e. The van der Waals surface area contributed by atoms with Gasteiger partial charge in [-0.2, -0.15) is 0 Å². The number of H-pyrrole nitrogens is 1. The largest absolute Gasteiger partial charge is 0.464 e. The van der Waals surface area contributed by atoms with Gasteiger partial charge in [0.15, 0.2) is 5.60 Å². The molecule has 2 atom stereocenters. The Labute approximate surface area is 184 Å². The van der Waals surface area contributed by atoms with Crippen molar-refractivity contribution in [3.63, 3.8) is 0 Å². The standard InChI is InChI=1S/C26H22N2O4/c1-3-32-25(30)26(2,31)22-14-9-5-4-8-13(14)19-20-16(12-27-24(20)29)18-15-10-6-7-11-17(15)28-23(18)21(19)22/h4-11,22,28,31H,3,12H2,1-2H3,(H,27,29). The number of nitrogens with one attached hydrogen (secondary N) is 2. The fraction of sp³-hybridized carbons (Fsp3) is 0.231. The van der Waals surface area contributed by atoms with Crippen LogP contribution in [0.2, 0.25) is 0 Å². The molecular weight excluding hydrogens is 404 g/mol. The Kier molecular flexibility index (Phi) is 3.84. The number of aliphatic hydroxyl groups is 1. The van der Waals surface area contributed by atoms with E-state index in [9.17, 15) is 14.7 Å². The van der Waals surface area contributed by atoms with Crippen molar-refractivity contribution in [2.75, 3.05) is 6.61 Å². The molecule has 0 saturated heterocycles. The number of ether oxygens (including phenoxy) is 1. The molecule has 6 heteroatoms. The fourth-order valence-corrected chi connectivity index (χ4v) is 5.56. The highest BCUT2D eigenvalue weighted by molar-refractivity contribution is 6.20. The van der Waals surface area contributed by atoms with Crippen LogP contribution in [0.3, 0.4) is 0 Å². The van der Waals surface area contributed by atoms with Crippen LogP contribution in [0.25, 0.3) is 32.9 Å². The van der Waals surface area contributed by atoms with Crippen LogP contribution in [0.5, 0.6) is 0 Å². The Morgan fingerprint density at radius 2 is 1.91 bits per heavy atom. The van der Waals surface area contributed by atoms with Crippen molar-refractivity contribution in [2.45, 2.75) is 31.9 Å². The van der Waals surface area contributed by atoms with E-state index in [0.29, 0.717) is 12.1 Å². The van der Waals surface area contributed by atoms with Crippen LogP contribution in [0.4, 0.5) is 0 Å². The lowest BCUT2D eigenvalue weighted by atomic mass is 9.80. The molecule has 6 rings (SSSR count). The third kappa shape index (κ3) is 2.27. The topological polar surface area (TPSA) is 91.4 Å². The second-order valence-corrected chi connectivity index (χ2v) is 8.63. The summed E-state index contributed by atoms with van der Waals surface area (Å²) >= 11 is 0. The van der Waals surface area contributed by atoms with E-state index in [1.54, 1.807) is 6.92 Å². The maximum absolute atomic E-state index is 13.1. The van der Waals surface area contributed by atoms with Crippen molar-refractivity contribution < 1.29 is 19.4 Å². The molecule has 6 nitrogen and oxygen atoms in total. The molecular formula is C26H22N2O4. The third-order valence-corrected chi connectivity index (χ3v) is 6.83. The molecule has 2 unspecified atom stereocenters. The van der Waals surface area contributed by atoms with Gasteiger partial charge in [0.1, 0.15) is 0 Å². The van der Waals surface area contributed by atoms with E-state index >= 15 is 0 Å². The van der Waals surface area contributed by atoms with Crippen molar-refractivity contribution >= 4 is 33.7 Å². The van der Waals surface area contributed by atoms with Crippen LogP contribution >= 0.6 is 0 Å². The lowest BCUT2D eigenvalue weighted by Crippen LogP contribution is -2.42. The van der Waals surface area contributed by atoms with Gasteiger partial charge < -0.3 is 20.1 Å². The van der Waals surface area contributed by atoms with Crippen LogP contribution in [-0.4, -0.2) is 34.2 Å². The number of amides is 1. The second-order valence-electron chi connectivity index (χ2n) is 8.63. The monoisotopic (exact) mass is 426 g/mol. The summed E-state index contributed by atoms with van der Waals surface area (Å²) in [5, 5.41) is 16.5. The number of fused-ring (bicyclic) bond motifs is 10. The van der Waals surface area contributed by atoms with Gasteiger partial charge in [-0.1, -0.05) is 42.5 Å². The van der Waals surface area contributed by atoms with E-state index < -0.39 is 17.5 Å². The first-order valence-corrected chi connectivity index (χ1v) is 10.8. The zero-order valence-corrected chi connectivity index (χ0v) is 17.8. The Hall–Kier alpha value is -3.64. The van der Waals surface area contributed by atoms with E-state index in [1.807, 2.05) is 48.5 Å². The summed E-state index contributed by atoms with van der Waals surface area (Å²) in [6, 6.07) is 15.6. The van der Waals surface area contributed by atoms with E-state index in [0.717, 1.165) is 49.6 Å². The molecule has 0 saturated carbocycles. The number of carbonyl (C=O) groups is 2. The van der Waals surface area contributed by atoms with Crippen LogP contribution in [0, 0.1) is 0 Å². The van der Waals surface area contributed by atoms with E-state index in [2.05, 4.69) is 10.3 Å². The summed E-state index contributed by atoms with van der Waals surface area (Å²) in [7, 11) is 0. The number of esters is 1. The molecule has 1 aliphatic carbocycles. The van der Waals surface area contributed by atoms with Gasteiger partial charge in [0.05, 0.1) is 23.6 Å².